The number of benzene rings is 1. The van der Waals surface area contributed by atoms with E-state index in [1.54, 1.807) is 13.8 Å². The highest BCUT2D eigenvalue weighted by molar-refractivity contribution is 6.01. The summed E-state index contributed by atoms with van der Waals surface area (Å²) >= 11 is 0. The number of hydrogen-bond acceptors (Lipinski definition) is 5. The van der Waals surface area contributed by atoms with Crippen LogP contribution in [0, 0.1) is 0 Å². The molecule has 23 heavy (non-hydrogen) atoms. The van der Waals surface area contributed by atoms with Crippen LogP contribution in [0.15, 0.2) is 52.9 Å². The molecule has 0 aromatic heterocycles. The first kappa shape index (κ1) is 16.8. The Balaban J connectivity index is 2.80. The number of ether oxygens (including phenoxy) is 2. The van der Waals surface area contributed by atoms with Crippen LogP contribution in [0.4, 0.5) is 0 Å². The Hall–Kier alpha value is -2.56. The molecule has 1 aromatic carbocycles. The van der Waals surface area contributed by atoms with E-state index >= 15 is 0 Å². The molecule has 1 heterocycles. The molecule has 0 bridgehead atoms. The van der Waals surface area contributed by atoms with E-state index in [1.165, 1.54) is 14.2 Å². The maximum absolute atomic E-state index is 12.4. The second-order valence-electron chi connectivity index (χ2n) is 5.60. The Labute approximate surface area is 136 Å². The minimum absolute atomic E-state index is 0.400. The average molecular weight is 315 g/mol. The second-order valence-corrected chi connectivity index (χ2v) is 5.60. The van der Waals surface area contributed by atoms with Gasteiger partial charge in [0, 0.05) is 11.4 Å². The summed E-state index contributed by atoms with van der Waals surface area (Å²) in [5.74, 6) is -0.953. The lowest BCUT2D eigenvalue weighted by molar-refractivity contribution is -0.138. The summed E-state index contributed by atoms with van der Waals surface area (Å²) in [5, 5.41) is 3.09. The van der Waals surface area contributed by atoms with Crippen molar-refractivity contribution < 1.29 is 19.1 Å². The summed E-state index contributed by atoms with van der Waals surface area (Å²) in [4.78, 5) is 24.9. The highest BCUT2D eigenvalue weighted by Gasteiger charge is 2.47. The van der Waals surface area contributed by atoms with Gasteiger partial charge in [-0.15, -0.1) is 0 Å². The molecule has 1 aromatic rings. The third kappa shape index (κ3) is 2.63. The number of rotatable bonds is 3. The van der Waals surface area contributed by atoms with E-state index in [0.29, 0.717) is 22.5 Å². The number of nitrogens with one attached hydrogen (secondary N) is 1. The molecule has 1 aliphatic heterocycles. The van der Waals surface area contributed by atoms with Gasteiger partial charge in [0.2, 0.25) is 0 Å². The Morgan fingerprint density at radius 3 is 1.74 bits per heavy atom. The van der Waals surface area contributed by atoms with Gasteiger partial charge in [-0.3, -0.25) is 0 Å². The Kier molecular flexibility index (Phi) is 4.59. The SMILES string of the molecule is COC(=O)C1=C(C)NC(C)=C(C(=O)OC)C1(C)c1ccccc1. The van der Waals surface area contributed by atoms with Crippen molar-refractivity contribution in [3.05, 3.63) is 58.4 Å². The van der Waals surface area contributed by atoms with Crippen molar-refractivity contribution in [3.8, 4) is 0 Å². The van der Waals surface area contributed by atoms with Crippen LogP contribution in [-0.2, 0) is 24.5 Å². The zero-order valence-electron chi connectivity index (χ0n) is 14.0. The van der Waals surface area contributed by atoms with E-state index in [0.717, 1.165) is 5.56 Å². The topological polar surface area (TPSA) is 64.6 Å². The van der Waals surface area contributed by atoms with Crippen molar-refractivity contribution >= 4 is 11.9 Å². The molecule has 2 rings (SSSR count). The zero-order valence-corrected chi connectivity index (χ0v) is 14.0. The monoisotopic (exact) mass is 315 g/mol. The maximum Gasteiger partial charge on any atom is 0.336 e. The van der Waals surface area contributed by atoms with Gasteiger partial charge in [-0.25, -0.2) is 9.59 Å². The second kappa shape index (κ2) is 6.28. The number of carbonyl (C=O) groups is 2. The lowest BCUT2D eigenvalue weighted by atomic mass is 9.67. The number of carbonyl (C=O) groups excluding carboxylic acids is 2. The molecule has 0 saturated heterocycles. The van der Waals surface area contributed by atoms with E-state index < -0.39 is 17.4 Å². The summed E-state index contributed by atoms with van der Waals surface area (Å²) in [5.41, 5.74) is 1.98. The number of methoxy groups -OCH3 is 2. The highest BCUT2D eigenvalue weighted by atomic mass is 16.5. The summed E-state index contributed by atoms with van der Waals surface area (Å²) < 4.78 is 9.92. The zero-order chi connectivity index (χ0) is 17.2. The summed E-state index contributed by atoms with van der Waals surface area (Å²) in [6.07, 6.45) is 0. The van der Waals surface area contributed by atoms with E-state index in [1.807, 2.05) is 37.3 Å². The predicted molar refractivity (Wildman–Crippen MR) is 86.4 cm³/mol. The minimum atomic E-state index is -0.957. The van der Waals surface area contributed by atoms with Crippen LogP contribution in [0.5, 0.6) is 0 Å². The molecule has 0 unspecified atom stereocenters. The van der Waals surface area contributed by atoms with E-state index in [4.69, 9.17) is 9.47 Å². The smallest absolute Gasteiger partial charge is 0.336 e. The average Bonchev–Trinajstić information content (AvgIpc) is 2.54. The van der Waals surface area contributed by atoms with Crippen molar-refractivity contribution in [1.29, 1.82) is 0 Å². The lowest BCUT2D eigenvalue weighted by Gasteiger charge is -2.38. The Morgan fingerprint density at radius 1 is 0.913 bits per heavy atom. The predicted octanol–water partition coefficient (Wildman–Crippen LogP) is 2.44. The first-order chi connectivity index (χ1) is 10.9. The molecule has 5 heteroatoms. The molecular formula is C18H21NO4. The van der Waals surface area contributed by atoms with E-state index in [2.05, 4.69) is 5.32 Å². The molecule has 5 nitrogen and oxygen atoms in total. The van der Waals surface area contributed by atoms with Gasteiger partial charge >= 0.3 is 11.9 Å². The summed E-state index contributed by atoms with van der Waals surface area (Å²) in [6, 6.07) is 9.40. The quantitative estimate of drug-likeness (QED) is 0.868. The van der Waals surface area contributed by atoms with Crippen LogP contribution in [0.3, 0.4) is 0 Å². The first-order valence-corrected chi connectivity index (χ1v) is 7.29. The summed E-state index contributed by atoms with van der Waals surface area (Å²) in [7, 11) is 2.66. The normalized spacial score (nSPS) is 16.7. The largest absolute Gasteiger partial charge is 0.466 e. The molecule has 1 N–H and O–H groups in total. The van der Waals surface area contributed by atoms with Gasteiger partial charge in [0.05, 0.1) is 30.8 Å². The van der Waals surface area contributed by atoms with Gasteiger partial charge in [-0.2, -0.15) is 0 Å². The third-order valence-electron chi connectivity index (χ3n) is 4.26. The lowest BCUT2D eigenvalue weighted by Crippen LogP contribution is -2.43. The fourth-order valence-corrected chi connectivity index (χ4v) is 3.26. The molecule has 0 saturated carbocycles. The molecule has 0 radical (unpaired) electrons. The van der Waals surface area contributed by atoms with Gasteiger partial charge in [0.25, 0.3) is 0 Å². The fourth-order valence-electron chi connectivity index (χ4n) is 3.26. The molecule has 1 aliphatic rings. The molecule has 0 atom stereocenters. The molecule has 0 fully saturated rings. The van der Waals surface area contributed by atoms with Crippen LogP contribution in [0.2, 0.25) is 0 Å². The van der Waals surface area contributed by atoms with Gasteiger partial charge in [0.1, 0.15) is 0 Å². The van der Waals surface area contributed by atoms with Crippen LogP contribution < -0.4 is 5.32 Å². The van der Waals surface area contributed by atoms with Crippen LogP contribution in [0.1, 0.15) is 26.3 Å². The van der Waals surface area contributed by atoms with Crippen molar-refractivity contribution in [2.24, 2.45) is 0 Å². The third-order valence-corrected chi connectivity index (χ3v) is 4.26. The number of esters is 2. The van der Waals surface area contributed by atoms with Crippen LogP contribution in [0.25, 0.3) is 0 Å². The molecule has 122 valence electrons. The minimum Gasteiger partial charge on any atom is -0.466 e. The summed E-state index contributed by atoms with van der Waals surface area (Å²) in [6.45, 7) is 5.44. The van der Waals surface area contributed by atoms with E-state index in [9.17, 15) is 9.59 Å². The van der Waals surface area contributed by atoms with Crippen molar-refractivity contribution in [1.82, 2.24) is 5.32 Å². The van der Waals surface area contributed by atoms with Gasteiger partial charge in [0.15, 0.2) is 0 Å². The number of dihydropyridines is 1. The molecule has 0 spiro atoms. The van der Waals surface area contributed by atoms with Gasteiger partial charge < -0.3 is 14.8 Å². The van der Waals surface area contributed by atoms with Crippen molar-refractivity contribution in [3.63, 3.8) is 0 Å². The Bertz CT molecular complexity index is 663. The van der Waals surface area contributed by atoms with Gasteiger partial charge in [-0.05, 0) is 26.3 Å². The van der Waals surface area contributed by atoms with Crippen LogP contribution in [-0.4, -0.2) is 26.2 Å². The fraction of sp³-hybridized carbons (Fsp3) is 0.333. The molecular weight excluding hydrogens is 294 g/mol. The highest BCUT2D eigenvalue weighted by Crippen LogP contribution is 2.44. The Morgan fingerprint density at radius 2 is 1.35 bits per heavy atom. The first-order valence-electron chi connectivity index (χ1n) is 7.29. The van der Waals surface area contributed by atoms with Crippen molar-refractivity contribution in [2.75, 3.05) is 14.2 Å². The van der Waals surface area contributed by atoms with E-state index in [-0.39, 0.29) is 0 Å². The van der Waals surface area contributed by atoms with Gasteiger partial charge in [-0.1, -0.05) is 30.3 Å². The van der Waals surface area contributed by atoms with Crippen LogP contribution >= 0.6 is 0 Å². The number of allylic oxidation sites excluding steroid dienone is 2. The maximum atomic E-state index is 12.4. The number of hydrogen-bond donors (Lipinski definition) is 1. The standard InChI is InChI=1S/C18H21NO4/c1-11-14(16(20)22-4)18(3,13-9-7-6-8-10-13)15(12(2)19-11)17(21)23-5/h6-10,19H,1-5H3. The van der Waals surface area contributed by atoms with Crippen molar-refractivity contribution in [2.45, 2.75) is 26.2 Å². The molecule has 0 aliphatic carbocycles. The molecule has 0 amide bonds.